The number of fused-ring (bicyclic) bond motifs is 3. The molecule has 0 amide bonds. The lowest BCUT2D eigenvalue weighted by Crippen LogP contribution is -2.18. The average Bonchev–Trinajstić information content (AvgIpc) is 3.01. The van der Waals surface area contributed by atoms with Crippen LogP contribution in [-0.4, -0.2) is 0 Å². The molecule has 204 valence electrons. The summed E-state index contributed by atoms with van der Waals surface area (Å²) in [6, 6.07) is 36.3. The minimum atomic E-state index is 0.841. The fraction of sp³-hybridized carbons (Fsp3) is 0.0526. The van der Waals surface area contributed by atoms with Crippen LogP contribution in [0.2, 0.25) is 0 Å². The molecule has 0 saturated heterocycles. The van der Waals surface area contributed by atoms with Gasteiger partial charge in [0.25, 0.3) is 0 Å². The fourth-order valence-corrected chi connectivity index (χ4v) is 6.03. The van der Waals surface area contributed by atoms with Gasteiger partial charge in [0.05, 0.1) is 22.7 Å². The Labute approximate surface area is 252 Å². The number of thiol groups is 1. The zero-order valence-electron chi connectivity index (χ0n) is 23.5. The molecule has 0 unspecified atom stereocenters. The molecule has 0 aliphatic carbocycles. The van der Waals surface area contributed by atoms with Crippen molar-refractivity contribution in [2.24, 2.45) is 0 Å². The highest BCUT2D eigenvalue weighted by atomic mass is 32.1. The third-order valence-electron chi connectivity index (χ3n) is 7.94. The molecule has 0 aromatic heterocycles. The van der Waals surface area contributed by atoms with E-state index in [2.05, 4.69) is 140 Å². The van der Waals surface area contributed by atoms with Gasteiger partial charge < -0.3 is 15.0 Å². The molecule has 0 saturated carbocycles. The van der Waals surface area contributed by atoms with E-state index in [4.69, 9.17) is 4.74 Å². The molecule has 5 aromatic rings. The maximum atomic E-state index is 6.42. The number of aryl methyl sites for hydroxylation is 1. The second-order valence-electron chi connectivity index (χ2n) is 10.6. The van der Waals surface area contributed by atoms with Gasteiger partial charge in [-0.05, 0) is 89.0 Å². The highest BCUT2D eigenvalue weighted by molar-refractivity contribution is 7.83. The maximum absolute atomic E-state index is 6.42. The Morgan fingerprint density at radius 2 is 1.45 bits per heavy atom. The van der Waals surface area contributed by atoms with Gasteiger partial charge in [0.15, 0.2) is 11.5 Å². The molecule has 0 bridgehead atoms. The number of allylic oxidation sites excluding steroid dienone is 3. The van der Waals surface area contributed by atoms with Gasteiger partial charge >= 0.3 is 0 Å². The summed E-state index contributed by atoms with van der Waals surface area (Å²) in [5.74, 6) is 1.69. The Kier molecular flexibility index (Phi) is 6.69. The summed E-state index contributed by atoms with van der Waals surface area (Å²) in [5, 5.41) is 5.46. The Morgan fingerprint density at radius 3 is 2.31 bits per heavy atom. The largest absolute Gasteiger partial charge is 0.453 e. The quantitative estimate of drug-likeness (QED) is 0.210. The second-order valence-corrected chi connectivity index (χ2v) is 10.8. The van der Waals surface area contributed by atoms with Gasteiger partial charge in [-0.3, -0.25) is 0 Å². The predicted molar refractivity (Wildman–Crippen MR) is 180 cm³/mol. The summed E-state index contributed by atoms with van der Waals surface area (Å²) in [6.45, 7) is 4.37. The van der Waals surface area contributed by atoms with Crippen molar-refractivity contribution in [2.45, 2.75) is 13.8 Å². The third kappa shape index (κ3) is 4.50. The summed E-state index contributed by atoms with van der Waals surface area (Å²) in [5.41, 5.74) is 13.2. The van der Waals surface area contributed by atoms with Crippen LogP contribution in [-0.2, 0) is 0 Å². The number of ether oxygens (including phenoxy) is 1. The predicted octanol–water partition coefficient (Wildman–Crippen LogP) is 11.0. The molecule has 0 spiro atoms. The lowest BCUT2D eigenvalue weighted by Gasteiger charge is -2.35. The van der Waals surface area contributed by atoms with Crippen LogP contribution in [0.5, 0.6) is 11.5 Å². The first-order chi connectivity index (χ1) is 20.6. The van der Waals surface area contributed by atoms with E-state index in [0.717, 1.165) is 73.3 Å². The number of nitrogens with zero attached hydrogens (tertiary/aromatic N) is 1. The van der Waals surface area contributed by atoms with Crippen LogP contribution in [0.15, 0.2) is 132 Å². The lowest BCUT2D eigenvalue weighted by atomic mass is 9.90. The molecule has 4 heteroatoms. The summed E-state index contributed by atoms with van der Waals surface area (Å²) in [7, 11) is 0. The van der Waals surface area contributed by atoms with Crippen LogP contribution in [0.1, 0.15) is 16.7 Å². The van der Waals surface area contributed by atoms with E-state index >= 15 is 0 Å². The van der Waals surface area contributed by atoms with Crippen molar-refractivity contribution in [1.29, 1.82) is 0 Å². The van der Waals surface area contributed by atoms with Crippen molar-refractivity contribution < 1.29 is 4.74 Å². The number of hydrogen-bond acceptors (Lipinski definition) is 4. The van der Waals surface area contributed by atoms with Crippen molar-refractivity contribution in [1.82, 2.24) is 0 Å². The number of benzene rings is 5. The molecule has 42 heavy (non-hydrogen) atoms. The molecule has 1 N–H and O–H groups in total. The molecule has 3 nitrogen and oxygen atoms in total. The molecule has 2 aliphatic heterocycles. The van der Waals surface area contributed by atoms with Gasteiger partial charge in [0, 0.05) is 11.3 Å². The Bertz CT molecular complexity index is 1920. The maximum Gasteiger partial charge on any atom is 0.151 e. The number of para-hydroxylation sites is 4. The van der Waals surface area contributed by atoms with Crippen LogP contribution in [0.3, 0.4) is 0 Å². The van der Waals surface area contributed by atoms with Crippen molar-refractivity contribution in [3.8, 4) is 33.8 Å². The van der Waals surface area contributed by atoms with Gasteiger partial charge in [-0.1, -0.05) is 91.0 Å². The third-order valence-corrected chi connectivity index (χ3v) is 8.21. The first kappa shape index (κ1) is 26.0. The van der Waals surface area contributed by atoms with Crippen LogP contribution in [0.4, 0.5) is 22.7 Å². The highest BCUT2D eigenvalue weighted by Gasteiger charge is 2.29. The number of nitrogens with one attached hydrogen (secondary N) is 1. The van der Waals surface area contributed by atoms with E-state index in [1.165, 1.54) is 5.56 Å². The van der Waals surface area contributed by atoms with E-state index in [1.54, 1.807) is 5.41 Å². The Morgan fingerprint density at radius 1 is 0.690 bits per heavy atom. The first-order valence-corrected chi connectivity index (χ1v) is 14.6. The fourth-order valence-electron chi connectivity index (χ4n) is 5.88. The zero-order valence-corrected chi connectivity index (χ0v) is 24.4. The topological polar surface area (TPSA) is 24.5 Å². The van der Waals surface area contributed by atoms with E-state index < -0.39 is 0 Å². The monoisotopic (exact) mass is 562 g/mol. The summed E-state index contributed by atoms with van der Waals surface area (Å²) < 4.78 is 6.42. The highest BCUT2D eigenvalue weighted by Crippen LogP contribution is 2.54. The van der Waals surface area contributed by atoms with Gasteiger partial charge in [0.1, 0.15) is 0 Å². The molecule has 0 atom stereocenters. The van der Waals surface area contributed by atoms with E-state index in [9.17, 15) is 0 Å². The van der Waals surface area contributed by atoms with Crippen LogP contribution in [0, 0.1) is 13.8 Å². The normalized spacial score (nSPS) is 15.8. The summed E-state index contributed by atoms with van der Waals surface area (Å²) in [4.78, 5) is 2.37. The first-order valence-electron chi connectivity index (χ1n) is 14.1. The van der Waals surface area contributed by atoms with Crippen molar-refractivity contribution >= 4 is 41.5 Å². The molecule has 2 aliphatic rings. The zero-order chi connectivity index (χ0) is 28.6. The molecular formula is C38H30N2OS. The molecule has 7 rings (SSSR count). The van der Waals surface area contributed by atoms with Crippen LogP contribution in [0.25, 0.3) is 28.3 Å². The van der Waals surface area contributed by atoms with Gasteiger partial charge in [-0.25, -0.2) is 0 Å². The SMILES string of the molecule is Cc1cccc2c1N(c1cc(-c3ccccc3)cc(-c3cccc4c3NC(=C\S)/C=C\C=C/4)c1C)c1ccccc1O2. The molecule has 0 radical (unpaired) electrons. The lowest BCUT2D eigenvalue weighted by molar-refractivity contribution is 0.476. The Balaban J connectivity index is 1.54. The summed E-state index contributed by atoms with van der Waals surface area (Å²) in [6.07, 6.45) is 8.28. The standard InChI is InChI=1S/C38H30N2OS/c1-25-12-10-21-36-38(25)40(33-19-8-9-20-35(33)41-36)34-23-29(27-13-4-3-5-14-27)22-32(26(34)2)31-18-11-16-28-15-6-7-17-30(24-42)39-37(28)31/h3-24,39,42H,1-2H3/b15-6-,17-7-,30-24-. The Hall–Kier alpha value is -4.93. The molecule has 0 fully saturated rings. The van der Waals surface area contributed by atoms with Gasteiger partial charge in [-0.15, -0.1) is 12.6 Å². The number of anilines is 4. The minimum Gasteiger partial charge on any atom is -0.453 e. The molecular weight excluding hydrogens is 532 g/mol. The van der Waals surface area contributed by atoms with Gasteiger partial charge in [0.2, 0.25) is 0 Å². The van der Waals surface area contributed by atoms with Crippen LogP contribution < -0.4 is 15.0 Å². The van der Waals surface area contributed by atoms with E-state index in [0.29, 0.717) is 0 Å². The number of rotatable bonds is 3. The van der Waals surface area contributed by atoms with Gasteiger partial charge in [-0.2, -0.15) is 0 Å². The van der Waals surface area contributed by atoms with Crippen molar-refractivity contribution in [3.63, 3.8) is 0 Å². The average molecular weight is 563 g/mol. The van der Waals surface area contributed by atoms with Crippen molar-refractivity contribution in [2.75, 3.05) is 10.2 Å². The van der Waals surface area contributed by atoms with Crippen LogP contribution >= 0.6 is 12.6 Å². The molecule has 5 aromatic carbocycles. The van der Waals surface area contributed by atoms with Crippen molar-refractivity contribution in [3.05, 3.63) is 149 Å². The van der Waals surface area contributed by atoms with E-state index in [-0.39, 0.29) is 0 Å². The van der Waals surface area contributed by atoms with E-state index in [1.807, 2.05) is 24.3 Å². The number of hydrogen-bond donors (Lipinski definition) is 2. The summed E-state index contributed by atoms with van der Waals surface area (Å²) >= 11 is 4.47. The smallest absolute Gasteiger partial charge is 0.151 e. The minimum absolute atomic E-state index is 0.841. The second kappa shape index (κ2) is 10.8. The molecule has 2 heterocycles.